The number of halogens is 1. The first-order valence-electron chi connectivity index (χ1n) is 7.61. The molecule has 1 fully saturated rings. The normalized spacial score (nSPS) is 25.9. The number of hydrogen-bond acceptors (Lipinski definition) is 2. The van der Waals surface area contributed by atoms with Gasteiger partial charge in [-0.2, -0.15) is 0 Å². The first-order chi connectivity index (χ1) is 9.33. The third-order valence-electron chi connectivity index (χ3n) is 5.39. The molecule has 0 bridgehead atoms. The third kappa shape index (κ3) is 2.18. The van der Waals surface area contributed by atoms with E-state index in [-0.39, 0.29) is 17.0 Å². The van der Waals surface area contributed by atoms with E-state index >= 15 is 0 Å². The zero-order chi connectivity index (χ0) is 14.5. The lowest BCUT2D eigenvalue weighted by atomic mass is 9.72. The highest BCUT2D eigenvalue weighted by atomic mass is 35.5. The molecule has 1 aromatic rings. The number of nitrogens with zero attached hydrogens (tertiary/aromatic N) is 1. The summed E-state index contributed by atoms with van der Waals surface area (Å²) in [5.74, 6) is 0. The van der Waals surface area contributed by atoms with E-state index < -0.39 is 0 Å². The summed E-state index contributed by atoms with van der Waals surface area (Å²) in [6, 6.07) is 6.34. The highest BCUT2D eigenvalue weighted by molar-refractivity contribution is 6.31. The molecule has 3 rings (SSSR count). The minimum Gasteiger partial charge on any atom is -0.323 e. The van der Waals surface area contributed by atoms with Gasteiger partial charge in [0.05, 0.1) is 0 Å². The van der Waals surface area contributed by atoms with E-state index in [0.29, 0.717) is 0 Å². The van der Waals surface area contributed by atoms with Crippen LogP contribution in [0.15, 0.2) is 18.2 Å². The highest BCUT2D eigenvalue weighted by Gasteiger charge is 2.47. The SMILES string of the molecule is CC(C)(C)N1CCC2(CC1)Cc1c(Cl)cccc1[C@H]2N. The van der Waals surface area contributed by atoms with Crippen molar-refractivity contribution in [1.29, 1.82) is 0 Å². The third-order valence-corrected chi connectivity index (χ3v) is 5.74. The van der Waals surface area contributed by atoms with E-state index in [2.05, 4.69) is 31.7 Å². The van der Waals surface area contributed by atoms with Crippen molar-refractivity contribution in [2.45, 2.75) is 51.6 Å². The molecule has 1 spiro atoms. The molecule has 20 heavy (non-hydrogen) atoms. The first-order valence-corrected chi connectivity index (χ1v) is 7.99. The molecule has 1 heterocycles. The number of rotatable bonds is 0. The van der Waals surface area contributed by atoms with Gasteiger partial charge in [-0.25, -0.2) is 0 Å². The van der Waals surface area contributed by atoms with Crippen molar-refractivity contribution >= 4 is 11.6 Å². The molecule has 0 radical (unpaired) electrons. The molecule has 1 atom stereocenters. The van der Waals surface area contributed by atoms with Crippen LogP contribution in [0.3, 0.4) is 0 Å². The summed E-state index contributed by atoms with van der Waals surface area (Å²) in [4.78, 5) is 2.58. The number of hydrogen-bond donors (Lipinski definition) is 1. The summed E-state index contributed by atoms with van der Waals surface area (Å²) >= 11 is 6.37. The molecule has 2 aliphatic rings. The number of piperidine rings is 1. The Morgan fingerprint density at radius 3 is 2.45 bits per heavy atom. The van der Waals surface area contributed by atoms with Crippen molar-refractivity contribution in [3.8, 4) is 0 Å². The standard InChI is InChI=1S/C17H25ClN2/c1-16(2,3)20-9-7-17(8-10-20)11-13-12(15(17)19)5-4-6-14(13)18/h4-6,15H,7-11,19H2,1-3H3/t15-/m1/s1. The highest BCUT2D eigenvalue weighted by Crippen LogP contribution is 2.52. The lowest BCUT2D eigenvalue weighted by Crippen LogP contribution is -2.50. The van der Waals surface area contributed by atoms with Gasteiger partial charge in [-0.1, -0.05) is 23.7 Å². The van der Waals surface area contributed by atoms with Crippen molar-refractivity contribution in [3.05, 3.63) is 34.3 Å². The van der Waals surface area contributed by atoms with Crippen molar-refractivity contribution in [2.24, 2.45) is 11.1 Å². The second kappa shape index (κ2) is 4.72. The van der Waals surface area contributed by atoms with Crippen LogP contribution >= 0.6 is 11.6 Å². The maximum absolute atomic E-state index is 6.60. The summed E-state index contributed by atoms with van der Waals surface area (Å²) in [6.45, 7) is 9.17. The van der Waals surface area contributed by atoms with Crippen molar-refractivity contribution in [1.82, 2.24) is 4.90 Å². The van der Waals surface area contributed by atoms with Crippen LogP contribution in [0.5, 0.6) is 0 Å². The van der Waals surface area contributed by atoms with Gasteiger partial charge in [-0.15, -0.1) is 0 Å². The van der Waals surface area contributed by atoms with Gasteiger partial charge in [0.2, 0.25) is 0 Å². The topological polar surface area (TPSA) is 29.3 Å². The van der Waals surface area contributed by atoms with Crippen LogP contribution in [0.2, 0.25) is 5.02 Å². The van der Waals surface area contributed by atoms with Gasteiger partial charge >= 0.3 is 0 Å². The Morgan fingerprint density at radius 2 is 1.90 bits per heavy atom. The van der Waals surface area contributed by atoms with E-state index in [1.807, 2.05) is 12.1 Å². The van der Waals surface area contributed by atoms with Crippen molar-refractivity contribution in [2.75, 3.05) is 13.1 Å². The molecule has 3 heteroatoms. The predicted molar refractivity (Wildman–Crippen MR) is 85.1 cm³/mol. The molecule has 1 saturated heterocycles. The second-order valence-electron chi connectivity index (χ2n) is 7.48. The Hall–Kier alpha value is -0.570. The predicted octanol–water partition coefficient (Wildman–Crippen LogP) is 3.78. The maximum atomic E-state index is 6.60. The van der Waals surface area contributed by atoms with Gasteiger partial charge in [-0.05, 0) is 75.7 Å². The van der Waals surface area contributed by atoms with E-state index in [4.69, 9.17) is 17.3 Å². The van der Waals surface area contributed by atoms with Crippen LogP contribution in [0.25, 0.3) is 0 Å². The Labute approximate surface area is 127 Å². The number of nitrogens with two attached hydrogens (primary N) is 1. The van der Waals surface area contributed by atoms with Crippen LogP contribution in [-0.4, -0.2) is 23.5 Å². The maximum Gasteiger partial charge on any atom is 0.0441 e. The van der Waals surface area contributed by atoms with Gasteiger partial charge in [0, 0.05) is 16.6 Å². The molecule has 110 valence electrons. The molecular formula is C17H25ClN2. The fraction of sp³-hybridized carbons (Fsp3) is 0.647. The van der Waals surface area contributed by atoms with Crippen LogP contribution in [0, 0.1) is 5.41 Å². The number of fused-ring (bicyclic) bond motifs is 1. The van der Waals surface area contributed by atoms with Crippen molar-refractivity contribution < 1.29 is 0 Å². The summed E-state index contributed by atoms with van der Waals surface area (Å²) in [6.07, 6.45) is 3.41. The largest absolute Gasteiger partial charge is 0.323 e. The monoisotopic (exact) mass is 292 g/mol. The second-order valence-corrected chi connectivity index (χ2v) is 7.89. The molecular weight excluding hydrogens is 268 g/mol. The van der Waals surface area contributed by atoms with Gasteiger partial charge in [0.25, 0.3) is 0 Å². The summed E-state index contributed by atoms with van der Waals surface area (Å²) in [7, 11) is 0. The molecule has 2 N–H and O–H groups in total. The van der Waals surface area contributed by atoms with E-state index in [0.717, 1.165) is 24.5 Å². The van der Waals surface area contributed by atoms with Gasteiger partial charge in [0.15, 0.2) is 0 Å². The molecule has 2 nitrogen and oxygen atoms in total. The number of benzene rings is 1. The summed E-state index contributed by atoms with van der Waals surface area (Å²) in [5, 5.41) is 0.896. The fourth-order valence-electron chi connectivity index (χ4n) is 3.96. The number of likely N-dealkylation sites (tertiary alicyclic amines) is 1. The Bertz CT molecular complexity index is 510. The molecule has 1 aromatic carbocycles. The summed E-state index contributed by atoms with van der Waals surface area (Å²) < 4.78 is 0. The van der Waals surface area contributed by atoms with E-state index in [1.54, 1.807) is 0 Å². The van der Waals surface area contributed by atoms with Crippen LogP contribution in [0.4, 0.5) is 0 Å². The van der Waals surface area contributed by atoms with Crippen LogP contribution in [0.1, 0.15) is 50.8 Å². The molecule has 0 aromatic heterocycles. The lowest BCUT2D eigenvalue weighted by molar-refractivity contribution is 0.0345. The van der Waals surface area contributed by atoms with Crippen LogP contribution < -0.4 is 5.73 Å². The molecule has 0 saturated carbocycles. The minimum atomic E-state index is 0.151. The average molecular weight is 293 g/mol. The minimum absolute atomic E-state index is 0.151. The zero-order valence-electron chi connectivity index (χ0n) is 12.7. The first kappa shape index (κ1) is 14.4. The molecule has 1 aliphatic heterocycles. The van der Waals surface area contributed by atoms with E-state index in [9.17, 15) is 0 Å². The Morgan fingerprint density at radius 1 is 1.25 bits per heavy atom. The fourth-order valence-corrected chi connectivity index (χ4v) is 4.20. The van der Waals surface area contributed by atoms with E-state index in [1.165, 1.54) is 24.0 Å². The van der Waals surface area contributed by atoms with Gasteiger partial charge in [-0.3, -0.25) is 4.90 Å². The summed E-state index contributed by atoms with van der Waals surface area (Å²) in [5.41, 5.74) is 9.67. The Kier molecular flexibility index (Phi) is 3.39. The molecule has 1 aliphatic carbocycles. The van der Waals surface area contributed by atoms with Crippen LogP contribution in [-0.2, 0) is 6.42 Å². The zero-order valence-corrected chi connectivity index (χ0v) is 13.5. The Balaban J connectivity index is 1.83. The molecule has 0 amide bonds. The van der Waals surface area contributed by atoms with Gasteiger partial charge < -0.3 is 5.73 Å². The molecule has 0 unspecified atom stereocenters. The lowest BCUT2D eigenvalue weighted by Gasteiger charge is -2.47. The average Bonchev–Trinajstić information content (AvgIpc) is 2.65. The smallest absolute Gasteiger partial charge is 0.0441 e. The van der Waals surface area contributed by atoms with Crippen molar-refractivity contribution in [3.63, 3.8) is 0 Å². The van der Waals surface area contributed by atoms with Gasteiger partial charge in [0.1, 0.15) is 0 Å². The quantitative estimate of drug-likeness (QED) is 0.788.